The lowest BCUT2D eigenvalue weighted by Crippen LogP contribution is -2.42. The van der Waals surface area contributed by atoms with Crippen molar-refractivity contribution in [3.8, 4) is 0 Å². The van der Waals surface area contributed by atoms with E-state index in [-0.39, 0.29) is 30.4 Å². The number of hydrogen-bond acceptors (Lipinski definition) is 6. The van der Waals surface area contributed by atoms with Gasteiger partial charge in [-0.3, -0.25) is 4.79 Å². The predicted octanol–water partition coefficient (Wildman–Crippen LogP) is -1.71. The van der Waals surface area contributed by atoms with Crippen LogP contribution in [0.1, 0.15) is 16.2 Å². The molecule has 1 fully saturated rings. The second-order valence-electron chi connectivity index (χ2n) is 4.04. The first kappa shape index (κ1) is 13.4. The summed E-state index contributed by atoms with van der Waals surface area (Å²) in [5, 5.41) is 16.1. The number of amides is 1. The average Bonchev–Trinajstić information content (AvgIpc) is 2.82. The van der Waals surface area contributed by atoms with Crippen LogP contribution in [0.5, 0.6) is 0 Å². The molecule has 104 valence electrons. The van der Waals surface area contributed by atoms with Gasteiger partial charge >= 0.3 is 5.97 Å². The van der Waals surface area contributed by atoms with Crippen LogP contribution < -0.4 is 5.73 Å². The summed E-state index contributed by atoms with van der Waals surface area (Å²) < 4.78 is 6.39. The first-order chi connectivity index (χ1) is 9.13. The van der Waals surface area contributed by atoms with Crippen molar-refractivity contribution in [3.05, 3.63) is 11.4 Å². The van der Waals surface area contributed by atoms with Crippen LogP contribution in [0.15, 0.2) is 0 Å². The van der Waals surface area contributed by atoms with Gasteiger partial charge in [-0.05, 0) is 0 Å². The lowest BCUT2D eigenvalue weighted by atomic mass is 10.3. The number of aromatic nitrogens is 3. The Bertz CT molecular complexity index is 480. The zero-order valence-electron chi connectivity index (χ0n) is 10.3. The van der Waals surface area contributed by atoms with Crippen molar-refractivity contribution < 1.29 is 19.4 Å². The summed E-state index contributed by atoms with van der Waals surface area (Å²) in [4.78, 5) is 24.6. The number of nitrogens with zero attached hydrogens (tertiary/aromatic N) is 4. The van der Waals surface area contributed by atoms with Gasteiger partial charge in [0.25, 0.3) is 0 Å². The molecule has 0 bridgehead atoms. The third-order valence-corrected chi connectivity index (χ3v) is 2.88. The first-order valence-corrected chi connectivity index (χ1v) is 5.84. The molecule has 1 saturated heterocycles. The molecule has 0 spiro atoms. The van der Waals surface area contributed by atoms with Gasteiger partial charge in [-0.25, -0.2) is 9.48 Å². The van der Waals surface area contributed by atoms with E-state index in [4.69, 9.17) is 15.6 Å². The summed E-state index contributed by atoms with van der Waals surface area (Å²) in [6.07, 6.45) is 0. The molecule has 9 nitrogen and oxygen atoms in total. The number of carboxylic acids is 1. The Labute approximate surface area is 108 Å². The SMILES string of the molecule is NCc1c(C(=O)O)nnn1CC(=O)N1CCOCC1. The summed E-state index contributed by atoms with van der Waals surface area (Å²) in [6.45, 7) is 1.97. The van der Waals surface area contributed by atoms with E-state index in [9.17, 15) is 9.59 Å². The molecule has 0 radical (unpaired) electrons. The van der Waals surface area contributed by atoms with Crippen LogP contribution in [0, 0.1) is 0 Å². The maximum atomic E-state index is 12.0. The minimum absolute atomic E-state index is 0.0367. The molecule has 0 atom stereocenters. The number of carboxylic acid groups (broad SMARTS) is 1. The normalized spacial score (nSPS) is 15.5. The molecular weight excluding hydrogens is 254 g/mol. The van der Waals surface area contributed by atoms with Gasteiger partial charge in [0.05, 0.1) is 18.9 Å². The molecule has 2 rings (SSSR count). The van der Waals surface area contributed by atoms with E-state index in [1.807, 2.05) is 0 Å². The Morgan fingerprint density at radius 3 is 2.63 bits per heavy atom. The summed E-state index contributed by atoms with van der Waals surface area (Å²) >= 11 is 0. The first-order valence-electron chi connectivity index (χ1n) is 5.84. The van der Waals surface area contributed by atoms with Gasteiger partial charge in [-0.2, -0.15) is 0 Å². The molecule has 0 saturated carbocycles. The van der Waals surface area contributed by atoms with Gasteiger partial charge in [0.15, 0.2) is 5.69 Å². The maximum Gasteiger partial charge on any atom is 0.358 e. The molecule has 0 aromatic carbocycles. The average molecular weight is 269 g/mol. The molecule has 1 aromatic rings. The molecule has 0 unspecified atom stereocenters. The molecule has 3 N–H and O–H groups in total. The highest BCUT2D eigenvalue weighted by Gasteiger charge is 2.22. The van der Waals surface area contributed by atoms with E-state index in [2.05, 4.69) is 10.3 Å². The minimum atomic E-state index is -1.20. The highest BCUT2D eigenvalue weighted by molar-refractivity contribution is 5.86. The van der Waals surface area contributed by atoms with E-state index >= 15 is 0 Å². The monoisotopic (exact) mass is 269 g/mol. The Kier molecular flexibility index (Phi) is 4.07. The van der Waals surface area contributed by atoms with Crippen molar-refractivity contribution in [1.29, 1.82) is 0 Å². The van der Waals surface area contributed by atoms with Crippen LogP contribution in [-0.2, 0) is 22.6 Å². The Morgan fingerprint density at radius 2 is 2.05 bits per heavy atom. The van der Waals surface area contributed by atoms with E-state index < -0.39 is 5.97 Å². The predicted molar refractivity (Wildman–Crippen MR) is 62.3 cm³/mol. The second kappa shape index (κ2) is 5.76. The molecule has 1 amide bonds. The van der Waals surface area contributed by atoms with E-state index in [0.29, 0.717) is 26.3 Å². The number of nitrogens with two attached hydrogens (primary N) is 1. The fraction of sp³-hybridized carbons (Fsp3) is 0.600. The highest BCUT2D eigenvalue weighted by Crippen LogP contribution is 2.06. The van der Waals surface area contributed by atoms with Crippen LogP contribution in [-0.4, -0.2) is 63.2 Å². The van der Waals surface area contributed by atoms with Gasteiger partial charge in [0.2, 0.25) is 5.91 Å². The van der Waals surface area contributed by atoms with E-state index in [0.717, 1.165) is 0 Å². The molecule has 1 aromatic heterocycles. The van der Waals surface area contributed by atoms with Crippen molar-refractivity contribution in [2.45, 2.75) is 13.1 Å². The van der Waals surface area contributed by atoms with Crippen molar-refractivity contribution in [2.75, 3.05) is 26.3 Å². The largest absolute Gasteiger partial charge is 0.476 e. The van der Waals surface area contributed by atoms with E-state index in [1.54, 1.807) is 4.90 Å². The second-order valence-corrected chi connectivity index (χ2v) is 4.04. The number of ether oxygens (including phenoxy) is 1. The molecule has 0 aliphatic carbocycles. The fourth-order valence-electron chi connectivity index (χ4n) is 1.87. The summed E-state index contributed by atoms with van der Waals surface area (Å²) in [7, 11) is 0. The number of carbonyl (C=O) groups is 2. The van der Waals surface area contributed by atoms with Crippen molar-refractivity contribution in [2.24, 2.45) is 5.73 Å². The number of hydrogen-bond donors (Lipinski definition) is 2. The van der Waals surface area contributed by atoms with Crippen LogP contribution in [0.2, 0.25) is 0 Å². The van der Waals surface area contributed by atoms with Crippen molar-refractivity contribution in [1.82, 2.24) is 19.9 Å². The third-order valence-electron chi connectivity index (χ3n) is 2.88. The minimum Gasteiger partial charge on any atom is -0.476 e. The maximum absolute atomic E-state index is 12.0. The van der Waals surface area contributed by atoms with Crippen LogP contribution in [0.25, 0.3) is 0 Å². The quantitative estimate of drug-likeness (QED) is 0.667. The third kappa shape index (κ3) is 2.88. The zero-order chi connectivity index (χ0) is 13.8. The molecular formula is C10H15N5O4. The lowest BCUT2D eigenvalue weighted by Gasteiger charge is -2.26. The summed E-state index contributed by atoms with van der Waals surface area (Å²) in [5.74, 6) is -1.36. The van der Waals surface area contributed by atoms with Crippen molar-refractivity contribution in [3.63, 3.8) is 0 Å². The topological polar surface area (TPSA) is 124 Å². The van der Waals surface area contributed by atoms with Crippen molar-refractivity contribution >= 4 is 11.9 Å². The molecule has 1 aliphatic heterocycles. The number of rotatable bonds is 4. The highest BCUT2D eigenvalue weighted by atomic mass is 16.5. The van der Waals surface area contributed by atoms with Gasteiger partial charge < -0.3 is 20.5 Å². The lowest BCUT2D eigenvalue weighted by molar-refractivity contribution is -0.136. The van der Waals surface area contributed by atoms with Crippen LogP contribution in [0.3, 0.4) is 0 Å². The van der Waals surface area contributed by atoms with Gasteiger partial charge in [0.1, 0.15) is 6.54 Å². The Morgan fingerprint density at radius 1 is 1.37 bits per heavy atom. The van der Waals surface area contributed by atoms with Crippen LogP contribution >= 0.6 is 0 Å². The number of aromatic carboxylic acids is 1. The van der Waals surface area contributed by atoms with E-state index in [1.165, 1.54) is 4.68 Å². The zero-order valence-corrected chi connectivity index (χ0v) is 10.3. The Hall–Kier alpha value is -2.00. The molecule has 9 heteroatoms. The van der Waals surface area contributed by atoms with Gasteiger partial charge in [-0.15, -0.1) is 5.10 Å². The Balaban J connectivity index is 2.10. The standard InChI is InChI=1S/C10H15N5O4/c11-5-7-9(10(17)18)12-13-15(7)6-8(16)14-1-3-19-4-2-14/h1-6,11H2,(H,17,18). The summed E-state index contributed by atoms with van der Waals surface area (Å²) in [6, 6.07) is 0. The number of morpholine rings is 1. The summed E-state index contributed by atoms with van der Waals surface area (Å²) in [5.41, 5.74) is 5.51. The van der Waals surface area contributed by atoms with Crippen LogP contribution in [0.4, 0.5) is 0 Å². The smallest absolute Gasteiger partial charge is 0.358 e. The molecule has 19 heavy (non-hydrogen) atoms. The fourth-order valence-corrected chi connectivity index (χ4v) is 1.87. The number of carbonyl (C=O) groups excluding carboxylic acids is 1. The van der Waals surface area contributed by atoms with Gasteiger partial charge in [-0.1, -0.05) is 5.21 Å². The van der Waals surface area contributed by atoms with Gasteiger partial charge in [0, 0.05) is 19.6 Å². The molecule has 2 heterocycles. The molecule has 1 aliphatic rings.